The molecule has 3 saturated heterocycles. The van der Waals surface area contributed by atoms with Gasteiger partial charge < -0.3 is 14.7 Å². The predicted molar refractivity (Wildman–Crippen MR) is 309 cm³/mol. The maximum absolute atomic E-state index is 11.4. The summed E-state index contributed by atoms with van der Waals surface area (Å²) in [6.07, 6.45) is 14.6. The molecule has 3 aliphatic rings. The van der Waals surface area contributed by atoms with E-state index >= 15 is 0 Å². The fourth-order valence-corrected chi connectivity index (χ4v) is 7.79. The fraction of sp³-hybridized carbons (Fsp3) is 0.547. The maximum Gasteiger partial charge on any atom is 0.225 e. The number of piperidine rings is 2. The Kier molecular flexibility index (Phi) is 34.3. The summed E-state index contributed by atoms with van der Waals surface area (Å²) in [7, 11) is 0. The molecule has 0 bridgehead atoms. The predicted octanol–water partition coefficient (Wildman–Crippen LogP) is 13.5. The highest BCUT2D eigenvalue weighted by Crippen LogP contribution is 2.14. The zero-order chi connectivity index (χ0) is 57.2. The van der Waals surface area contributed by atoms with Crippen LogP contribution in [0.2, 0.25) is 0 Å². The molecule has 0 saturated carbocycles. The highest BCUT2D eigenvalue weighted by atomic mass is 16.2. The van der Waals surface area contributed by atoms with Gasteiger partial charge in [0, 0.05) is 116 Å². The van der Waals surface area contributed by atoms with Crippen LogP contribution in [0.5, 0.6) is 0 Å². The van der Waals surface area contributed by atoms with E-state index in [1.54, 1.807) is 42.9 Å². The molecule has 0 unspecified atom stereocenters. The molecular formula is C64H95N5O7. The van der Waals surface area contributed by atoms with Gasteiger partial charge in [-0.2, -0.15) is 0 Å². The van der Waals surface area contributed by atoms with Crippen molar-refractivity contribution in [2.45, 2.75) is 148 Å². The number of amides is 3. The molecule has 5 heterocycles. The summed E-state index contributed by atoms with van der Waals surface area (Å²) in [5.41, 5.74) is 2.92. The number of nitrogens with zero attached hydrogens (tertiary/aromatic N) is 5. The van der Waals surface area contributed by atoms with E-state index < -0.39 is 0 Å². The van der Waals surface area contributed by atoms with Gasteiger partial charge in [0.25, 0.3) is 0 Å². The van der Waals surface area contributed by atoms with Crippen LogP contribution in [-0.2, 0) is 14.4 Å². The highest BCUT2D eigenvalue weighted by Gasteiger charge is 2.21. The maximum atomic E-state index is 11.4. The van der Waals surface area contributed by atoms with Gasteiger partial charge in [0.15, 0.2) is 23.1 Å². The van der Waals surface area contributed by atoms with E-state index in [4.69, 9.17) is 0 Å². The molecule has 4 aromatic rings. The third-order valence-electron chi connectivity index (χ3n) is 12.3. The van der Waals surface area contributed by atoms with Crippen molar-refractivity contribution in [1.29, 1.82) is 0 Å². The van der Waals surface area contributed by atoms with Crippen molar-refractivity contribution in [2.24, 2.45) is 41.4 Å². The molecule has 2 aromatic heterocycles. The molecule has 7 rings (SSSR count). The molecule has 76 heavy (non-hydrogen) atoms. The standard InChI is InChI=1S/2C10H12O.C9H11NO.2C9H17NO.C9H11NO.C8H15NO/c2*1-8(2)10(11)9-6-4-3-5-7-9;1-7(2)9(11)8-3-5-10-6-4-8;2*1-8(2)9(11)10-6-4-3-5-7-10;1-7(2)9(11)8-5-3-4-6-10-8;1-7(2)8(10)9-5-3-4-6-9/h2*3-8H,1-2H3;3-7H,1-2H3;2*8H,3-7H2,1-2H3;3-7H,1-2H3;7H,3-6H2,1-2H3. The summed E-state index contributed by atoms with van der Waals surface area (Å²) in [5, 5.41) is 0. The molecule has 12 nitrogen and oxygen atoms in total. The Hall–Kier alpha value is -6.17. The Morgan fingerprint density at radius 1 is 0.316 bits per heavy atom. The largest absolute Gasteiger partial charge is 0.342 e. The first-order valence-corrected chi connectivity index (χ1v) is 28.0. The second-order valence-electron chi connectivity index (χ2n) is 21.5. The summed E-state index contributed by atoms with van der Waals surface area (Å²) in [5.74, 6) is 2.48. The number of benzene rings is 2. The van der Waals surface area contributed by atoms with Crippen LogP contribution in [-0.4, -0.2) is 105 Å². The summed E-state index contributed by atoms with van der Waals surface area (Å²) < 4.78 is 0. The number of pyridine rings is 2. The summed E-state index contributed by atoms with van der Waals surface area (Å²) in [6, 6.07) is 27.6. The number of carbonyl (C=O) groups is 7. The molecular weight excluding hydrogens is 951 g/mol. The molecule has 0 aliphatic carbocycles. The molecule has 0 radical (unpaired) electrons. The van der Waals surface area contributed by atoms with E-state index in [-0.39, 0.29) is 64.6 Å². The normalized spacial score (nSPS) is 13.8. The van der Waals surface area contributed by atoms with Gasteiger partial charge >= 0.3 is 0 Å². The van der Waals surface area contributed by atoms with Crippen molar-refractivity contribution in [3.63, 3.8) is 0 Å². The van der Waals surface area contributed by atoms with Crippen LogP contribution in [0.4, 0.5) is 0 Å². The Morgan fingerprint density at radius 2 is 0.592 bits per heavy atom. The fourth-order valence-electron chi connectivity index (χ4n) is 7.79. The molecule has 3 fully saturated rings. The van der Waals surface area contributed by atoms with Crippen LogP contribution >= 0.6 is 0 Å². The third-order valence-corrected chi connectivity index (χ3v) is 12.3. The van der Waals surface area contributed by atoms with E-state index in [9.17, 15) is 33.6 Å². The highest BCUT2D eigenvalue weighted by molar-refractivity contribution is 5.98. The van der Waals surface area contributed by atoms with Crippen LogP contribution in [0.3, 0.4) is 0 Å². The molecule has 0 atom stereocenters. The van der Waals surface area contributed by atoms with Crippen molar-refractivity contribution in [3.05, 3.63) is 132 Å². The van der Waals surface area contributed by atoms with Crippen molar-refractivity contribution >= 4 is 40.9 Å². The van der Waals surface area contributed by atoms with Crippen LogP contribution in [0, 0.1) is 41.4 Å². The van der Waals surface area contributed by atoms with E-state index in [1.807, 2.05) is 178 Å². The van der Waals surface area contributed by atoms with Crippen molar-refractivity contribution in [3.8, 4) is 0 Å². The number of rotatable bonds is 11. The number of likely N-dealkylation sites (tertiary alicyclic amines) is 3. The lowest BCUT2D eigenvalue weighted by atomic mass is 10.0. The topological polar surface area (TPSA) is 155 Å². The van der Waals surface area contributed by atoms with E-state index in [1.165, 1.54) is 51.4 Å². The average molecular weight is 1050 g/mol. The Labute approximate surface area is 458 Å². The Morgan fingerprint density at radius 3 is 0.855 bits per heavy atom. The number of Topliss-reactive ketones (excluding diaryl/α,β-unsaturated/α-hetero) is 4. The van der Waals surface area contributed by atoms with Crippen LogP contribution in [0.15, 0.2) is 110 Å². The van der Waals surface area contributed by atoms with Crippen molar-refractivity contribution in [2.75, 3.05) is 39.3 Å². The monoisotopic (exact) mass is 1050 g/mol. The quantitative estimate of drug-likeness (QED) is 0.133. The zero-order valence-corrected chi connectivity index (χ0v) is 48.9. The number of aromatic nitrogens is 2. The molecule has 2 aromatic carbocycles. The van der Waals surface area contributed by atoms with E-state index in [0.717, 1.165) is 56.0 Å². The molecule has 418 valence electrons. The third kappa shape index (κ3) is 27.6. The number of hydrogen-bond acceptors (Lipinski definition) is 9. The van der Waals surface area contributed by atoms with Gasteiger partial charge in [0.05, 0.1) is 0 Å². The summed E-state index contributed by atoms with van der Waals surface area (Å²) in [4.78, 5) is 93.1. The molecule has 12 heteroatoms. The van der Waals surface area contributed by atoms with Crippen molar-refractivity contribution in [1.82, 2.24) is 24.7 Å². The van der Waals surface area contributed by atoms with Gasteiger partial charge in [-0.1, -0.05) is 164 Å². The van der Waals surface area contributed by atoms with Gasteiger partial charge in [-0.05, 0) is 75.6 Å². The minimum absolute atomic E-state index is 0.0323. The second kappa shape index (κ2) is 38.4. The lowest BCUT2D eigenvalue weighted by Crippen LogP contribution is -2.38. The average Bonchev–Trinajstić information content (AvgIpc) is 3.99. The molecule has 3 aliphatic heterocycles. The van der Waals surface area contributed by atoms with Gasteiger partial charge in [0.1, 0.15) is 5.69 Å². The number of carbonyl (C=O) groups excluding carboxylic acids is 7. The zero-order valence-electron chi connectivity index (χ0n) is 48.9. The summed E-state index contributed by atoms with van der Waals surface area (Å²) in [6.45, 7) is 32.9. The van der Waals surface area contributed by atoms with E-state index in [0.29, 0.717) is 23.4 Å². The Balaban J connectivity index is 0.000000443. The van der Waals surface area contributed by atoms with Crippen LogP contribution < -0.4 is 0 Å². The summed E-state index contributed by atoms with van der Waals surface area (Å²) >= 11 is 0. The van der Waals surface area contributed by atoms with E-state index in [2.05, 4.69) is 9.97 Å². The van der Waals surface area contributed by atoms with Crippen LogP contribution in [0.25, 0.3) is 0 Å². The van der Waals surface area contributed by atoms with Crippen LogP contribution in [0.1, 0.15) is 190 Å². The van der Waals surface area contributed by atoms with Gasteiger partial charge in [-0.15, -0.1) is 0 Å². The Bertz CT molecular complexity index is 1990. The van der Waals surface area contributed by atoms with Crippen molar-refractivity contribution < 1.29 is 33.6 Å². The lowest BCUT2D eigenvalue weighted by molar-refractivity contribution is -0.136. The molecule has 0 spiro atoms. The van der Waals surface area contributed by atoms with Gasteiger partial charge in [-0.3, -0.25) is 43.5 Å². The molecule has 0 N–H and O–H groups in total. The first-order chi connectivity index (χ1) is 36.0. The first kappa shape index (κ1) is 67.8. The first-order valence-electron chi connectivity index (χ1n) is 28.0. The minimum atomic E-state index is 0.0323. The number of hydrogen-bond donors (Lipinski definition) is 0. The second-order valence-corrected chi connectivity index (χ2v) is 21.5. The number of ketones is 4. The SMILES string of the molecule is CC(C)C(=O)N1CCCC1.CC(C)C(=O)N1CCCCC1.CC(C)C(=O)N1CCCCC1.CC(C)C(=O)c1ccccc1.CC(C)C(=O)c1ccccc1.CC(C)C(=O)c1ccccn1.CC(C)C(=O)c1ccncc1. The molecule has 3 amide bonds. The van der Waals surface area contributed by atoms with Gasteiger partial charge in [0.2, 0.25) is 17.7 Å². The smallest absolute Gasteiger partial charge is 0.225 e. The lowest BCUT2D eigenvalue weighted by Gasteiger charge is -2.28. The minimum Gasteiger partial charge on any atom is -0.342 e. The van der Waals surface area contributed by atoms with Gasteiger partial charge in [-0.25, -0.2) is 0 Å².